The lowest BCUT2D eigenvalue weighted by Crippen LogP contribution is -2.01. The molecular weight excluding hydrogens is 252 g/mol. The molecule has 4 aliphatic carbocycles. The van der Waals surface area contributed by atoms with E-state index in [0.29, 0.717) is 0 Å². The normalized spacial score (nSPS) is 38.2. The molecule has 0 spiro atoms. The predicted molar refractivity (Wildman–Crippen MR) is 91.0 cm³/mol. The SMILES string of the molecule is [2H]C1([2H])c2ccc(cc2)C([2H])([2H])C([2H])([2H])C([2H])([2H])c2ccc(cc2C(C)C)C([2H])([2H])C1([2H])[2H]. The molecule has 0 saturated carbocycles. The van der Waals surface area contributed by atoms with Gasteiger partial charge in [-0.15, -0.1) is 0 Å². The van der Waals surface area contributed by atoms with Crippen LogP contribution in [0.4, 0.5) is 0 Å². The van der Waals surface area contributed by atoms with Crippen LogP contribution in [0.15, 0.2) is 42.5 Å². The quantitative estimate of drug-likeness (QED) is 0.653. The molecule has 0 nitrogen and oxygen atoms in total. The Bertz CT molecular complexity index is 1050. The van der Waals surface area contributed by atoms with Crippen molar-refractivity contribution in [2.24, 2.45) is 0 Å². The number of rotatable bonds is 1. The Morgan fingerprint density at radius 3 is 1.90 bits per heavy atom. The van der Waals surface area contributed by atoms with Gasteiger partial charge in [0.1, 0.15) is 0 Å². The molecule has 0 unspecified atom stereocenters. The summed E-state index contributed by atoms with van der Waals surface area (Å²) in [4.78, 5) is 0. The molecule has 6 rings (SSSR count). The summed E-state index contributed by atoms with van der Waals surface area (Å²) in [6.45, 7) is 3.38. The van der Waals surface area contributed by atoms with Gasteiger partial charge in [0.2, 0.25) is 0 Å². The van der Waals surface area contributed by atoms with Crippen molar-refractivity contribution in [3.05, 3.63) is 70.3 Å². The first-order valence-corrected chi connectivity index (χ1v) is 7.00. The fourth-order valence-corrected chi connectivity index (χ4v) is 2.22. The van der Waals surface area contributed by atoms with Crippen LogP contribution < -0.4 is 0 Å². The molecule has 2 aromatic rings. The van der Waals surface area contributed by atoms with Crippen LogP contribution in [0.1, 0.15) is 76.8 Å². The molecular formula is C21H26. The van der Waals surface area contributed by atoms with E-state index in [9.17, 15) is 0 Å². The van der Waals surface area contributed by atoms with Crippen molar-refractivity contribution >= 4 is 0 Å². The van der Waals surface area contributed by atoms with Crippen LogP contribution in [0.3, 0.4) is 0 Å². The van der Waals surface area contributed by atoms with Crippen molar-refractivity contribution < 1.29 is 16.4 Å². The lowest BCUT2D eigenvalue weighted by molar-refractivity contribution is 0.769. The van der Waals surface area contributed by atoms with Gasteiger partial charge in [-0.2, -0.15) is 0 Å². The largest absolute Gasteiger partial charge is 0.0588 e. The highest BCUT2D eigenvalue weighted by Crippen LogP contribution is 2.24. The van der Waals surface area contributed by atoms with E-state index >= 15 is 0 Å². The Balaban J connectivity index is 2.49. The van der Waals surface area contributed by atoms with Crippen LogP contribution in [0.5, 0.6) is 0 Å². The van der Waals surface area contributed by atoms with Crippen LogP contribution in [0, 0.1) is 0 Å². The van der Waals surface area contributed by atoms with Crippen molar-refractivity contribution in [1.82, 2.24) is 0 Å². The van der Waals surface area contributed by atoms with Crippen LogP contribution in [0.2, 0.25) is 0 Å². The summed E-state index contributed by atoms with van der Waals surface area (Å²) in [6, 6.07) is 7.93. The Kier molecular flexibility index (Phi) is 1.82. The molecule has 0 aromatic heterocycles. The molecule has 0 heteroatoms. The van der Waals surface area contributed by atoms with E-state index in [4.69, 9.17) is 16.4 Å². The molecule has 0 N–H and O–H groups in total. The Hall–Kier alpha value is -1.56. The van der Waals surface area contributed by atoms with Crippen molar-refractivity contribution in [2.75, 3.05) is 0 Å². The Labute approximate surface area is 146 Å². The van der Waals surface area contributed by atoms with E-state index in [1.807, 2.05) is 0 Å². The predicted octanol–water partition coefficient (Wildman–Crippen LogP) is 5.47. The van der Waals surface area contributed by atoms with Gasteiger partial charge in [0.15, 0.2) is 0 Å². The van der Waals surface area contributed by atoms with Crippen LogP contribution >= 0.6 is 0 Å². The van der Waals surface area contributed by atoms with Crippen LogP contribution in [-0.4, -0.2) is 0 Å². The first-order chi connectivity index (χ1) is 14.7. The van der Waals surface area contributed by atoms with Gasteiger partial charge in [-0.25, -0.2) is 0 Å². The van der Waals surface area contributed by atoms with Crippen molar-refractivity contribution in [3.8, 4) is 0 Å². The van der Waals surface area contributed by atoms with Gasteiger partial charge in [0.25, 0.3) is 0 Å². The molecule has 4 aliphatic rings. The third kappa shape index (κ3) is 3.56. The van der Waals surface area contributed by atoms with Crippen molar-refractivity contribution in [3.63, 3.8) is 0 Å². The third-order valence-electron chi connectivity index (χ3n) is 3.38. The van der Waals surface area contributed by atoms with E-state index in [-0.39, 0.29) is 27.8 Å². The summed E-state index contributed by atoms with van der Waals surface area (Å²) >= 11 is 0. The van der Waals surface area contributed by atoms with Crippen LogP contribution in [0.25, 0.3) is 0 Å². The zero-order chi connectivity index (χ0) is 25.4. The fraction of sp³-hybridized carbons (Fsp3) is 0.429. The maximum absolute atomic E-state index is 8.66. The van der Waals surface area contributed by atoms with Crippen molar-refractivity contribution in [1.29, 1.82) is 0 Å². The number of aryl methyl sites for hydroxylation is 4. The summed E-state index contributed by atoms with van der Waals surface area (Å²) < 4.78 is 102. The smallest absolute Gasteiger partial charge is 0.0316 e. The minimum absolute atomic E-state index is 0.164. The first-order valence-electron chi connectivity index (χ1n) is 13.0. The zero-order valence-corrected chi connectivity index (χ0v) is 12.1. The molecule has 4 bridgehead atoms. The minimum atomic E-state index is -3.07. The van der Waals surface area contributed by atoms with Crippen LogP contribution in [-0.2, 0) is 25.5 Å². The van der Waals surface area contributed by atoms with Gasteiger partial charge in [-0.05, 0) is 72.0 Å². The van der Waals surface area contributed by atoms with Gasteiger partial charge in [0.05, 0.1) is 0 Å². The zero-order valence-electron chi connectivity index (χ0n) is 24.1. The number of hydrogen-bond acceptors (Lipinski definition) is 0. The molecule has 0 aliphatic heterocycles. The second-order valence-electron chi connectivity index (χ2n) is 5.28. The van der Waals surface area contributed by atoms with E-state index < -0.39 is 44.2 Å². The van der Waals surface area contributed by atoms with Gasteiger partial charge in [-0.3, -0.25) is 0 Å². The molecule has 0 saturated heterocycles. The molecule has 21 heavy (non-hydrogen) atoms. The molecule has 2 aromatic carbocycles. The average molecular weight is 291 g/mol. The van der Waals surface area contributed by atoms with Gasteiger partial charge in [-0.1, -0.05) is 56.3 Å². The average Bonchev–Trinajstić information content (AvgIpc) is 2.72. The molecule has 0 fully saturated rings. The van der Waals surface area contributed by atoms with E-state index in [2.05, 4.69) is 0 Å². The topological polar surface area (TPSA) is 0 Å². The molecule has 0 atom stereocenters. The highest BCUT2D eigenvalue weighted by Gasteiger charge is 2.09. The third-order valence-corrected chi connectivity index (χ3v) is 3.38. The number of benzene rings is 2. The lowest BCUT2D eigenvalue weighted by atomic mass is 9.90. The highest BCUT2D eigenvalue weighted by molar-refractivity contribution is 5.35. The molecule has 0 heterocycles. The van der Waals surface area contributed by atoms with Gasteiger partial charge >= 0.3 is 0 Å². The maximum atomic E-state index is 8.66. The van der Waals surface area contributed by atoms with E-state index in [1.165, 1.54) is 6.07 Å². The highest BCUT2D eigenvalue weighted by atomic mass is 14.1. The van der Waals surface area contributed by atoms with Crippen molar-refractivity contribution in [2.45, 2.75) is 58.0 Å². The summed E-state index contributed by atoms with van der Waals surface area (Å²) in [5, 5.41) is 0. The molecule has 0 radical (unpaired) electrons. The second-order valence-corrected chi connectivity index (χ2v) is 5.28. The van der Waals surface area contributed by atoms with Gasteiger partial charge in [0, 0.05) is 16.4 Å². The summed E-state index contributed by atoms with van der Waals surface area (Å²) in [5.41, 5.74) is -0.653. The lowest BCUT2D eigenvalue weighted by Gasteiger charge is -2.16. The molecule has 110 valence electrons. The Morgan fingerprint density at radius 1 is 0.762 bits per heavy atom. The first kappa shape index (κ1) is 5.91. The summed E-state index contributed by atoms with van der Waals surface area (Å²) in [6.07, 6.45) is -17.4. The second kappa shape index (κ2) is 6.47. The maximum Gasteiger partial charge on any atom is 0.0316 e. The number of hydrogen-bond donors (Lipinski definition) is 0. The fourth-order valence-electron chi connectivity index (χ4n) is 2.22. The Morgan fingerprint density at radius 2 is 1.29 bits per heavy atom. The monoisotopic (exact) mass is 290 g/mol. The van der Waals surface area contributed by atoms with Gasteiger partial charge < -0.3 is 0 Å². The molecule has 0 amide bonds. The minimum Gasteiger partial charge on any atom is -0.0588 e. The standard InChI is InChI=1S/C21H26/c1-16(2)21-15-19-7-3-5-17-9-11-18(12-10-17)6-4-8-20(21)14-13-19/h9-16H,3-8H2,1-2H3/i3D2,4D2,5D2,6D2,7D2,8D2. The van der Waals surface area contributed by atoms with E-state index in [0.717, 1.165) is 36.4 Å². The summed E-state index contributed by atoms with van der Waals surface area (Å²) in [7, 11) is 0. The van der Waals surface area contributed by atoms with E-state index in [1.54, 1.807) is 13.8 Å². The summed E-state index contributed by atoms with van der Waals surface area (Å²) in [5.74, 6) is -0.429.